The van der Waals surface area contributed by atoms with Crippen molar-refractivity contribution in [3.63, 3.8) is 0 Å². The molecule has 2 aromatic rings. The van der Waals surface area contributed by atoms with Gasteiger partial charge in [0.15, 0.2) is 0 Å². The molecule has 8 heteroatoms. The maximum Gasteiger partial charge on any atom is 0.418 e. The van der Waals surface area contributed by atoms with E-state index in [4.69, 9.17) is 0 Å². The second-order valence-corrected chi connectivity index (χ2v) is 4.60. The van der Waals surface area contributed by atoms with Crippen LogP contribution in [0.2, 0.25) is 0 Å². The van der Waals surface area contributed by atoms with Crippen molar-refractivity contribution in [2.45, 2.75) is 6.18 Å². The standard InChI is InChI=1S/C15H11F5N2O/c16-9-5-10(17)7-11(6-9)21-8-14(23)22-13-4-2-1-3-12(13)15(18,19)20/h1-7,21H,8H2,(H,22,23). The number of amides is 1. The molecule has 0 saturated heterocycles. The second kappa shape index (κ2) is 6.64. The topological polar surface area (TPSA) is 41.1 Å². The smallest absolute Gasteiger partial charge is 0.376 e. The Bertz CT molecular complexity index is 695. The van der Waals surface area contributed by atoms with Crippen LogP contribution in [0.15, 0.2) is 42.5 Å². The highest BCUT2D eigenvalue weighted by Crippen LogP contribution is 2.34. The summed E-state index contributed by atoms with van der Waals surface area (Å²) in [5.74, 6) is -2.46. The second-order valence-electron chi connectivity index (χ2n) is 4.60. The van der Waals surface area contributed by atoms with E-state index < -0.39 is 41.5 Å². The van der Waals surface area contributed by atoms with Gasteiger partial charge in [0.2, 0.25) is 5.91 Å². The fourth-order valence-corrected chi connectivity index (χ4v) is 1.87. The van der Waals surface area contributed by atoms with Gasteiger partial charge in [-0.15, -0.1) is 0 Å². The summed E-state index contributed by atoms with van der Waals surface area (Å²) >= 11 is 0. The largest absolute Gasteiger partial charge is 0.418 e. The molecule has 0 fully saturated rings. The molecule has 0 heterocycles. The molecule has 0 aliphatic heterocycles. The average molecular weight is 330 g/mol. The van der Waals surface area contributed by atoms with E-state index in [1.54, 1.807) is 0 Å². The van der Waals surface area contributed by atoms with Gasteiger partial charge in [-0.05, 0) is 24.3 Å². The van der Waals surface area contributed by atoms with Crippen LogP contribution < -0.4 is 10.6 Å². The third kappa shape index (κ3) is 4.67. The van der Waals surface area contributed by atoms with Crippen molar-refractivity contribution in [2.24, 2.45) is 0 Å². The van der Waals surface area contributed by atoms with Crippen LogP contribution in [0.5, 0.6) is 0 Å². The number of hydrogen-bond acceptors (Lipinski definition) is 2. The number of halogens is 5. The minimum atomic E-state index is -4.61. The van der Waals surface area contributed by atoms with Gasteiger partial charge >= 0.3 is 6.18 Å². The first-order chi connectivity index (χ1) is 10.8. The molecule has 0 aromatic heterocycles. The molecule has 2 aromatic carbocycles. The van der Waals surface area contributed by atoms with Crippen LogP contribution in [-0.2, 0) is 11.0 Å². The number of nitrogens with one attached hydrogen (secondary N) is 2. The number of hydrogen-bond donors (Lipinski definition) is 2. The maximum atomic E-state index is 13.0. The van der Waals surface area contributed by atoms with Gasteiger partial charge in [0, 0.05) is 11.8 Å². The number of para-hydroxylation sites is 1. The van der Waals surface area contributed by atoms with Crippen molar-refractivity contribution in [1.82, 2.24) is 0 Å². The minimum absolute atomic E-state index is 0.00163. The Morgan fingerprint density at radius 1 is 1.00 bits per heavy atom. The molecule has 0 spiro atoms. The Kier molecular flexibility index (Phi) is 4.83. The molecule has 0 aliphatic rings. The Labute approximate surface area is 128 Å². The normalized spacial score (nSPS) is 11.2. The van der Waals surface area contributed by atoms with E-state index >= 15 is 0 Å². The van der Waals surface area contributed by atoms with Crippen molar-refractivity contribution in [3.05, 3.63) is 59.7 Å². The third-order valence-electron chi connectivity index (χ3n) is 2.82. The average Bonchev–Trinajstić information content (AvgIpc) is 2.43. The fraction of sp³-hybridized carbons (Fsp3) is 0.133. The highest BCUT2D eigenvalue weighted by atomic mass is 19.4. The van der Waals surface area contributed by atoms with Crippen LogP contribution in [0.3, 0.4) is 0 Å². The first-order valence-electron chi connectivity index (χ1n) is 6.42. The van der Waals surface area contributed by atoms with Gasteiger partial charge in [0.1, 0.15) is 11.6 Å². The molecule has 122 valence electrons. The number of carbonyl (C=O) groups excluding carboxylic acids is 1. The predicted octanol–water partition coefficient (Wildman–Crippen LogP) is 4.03. The van der Waals surface area contributed by atoms with Crippen molar-refractivity contribution >= 4 is 17.3 Å². The van der Waals surface area contributed by atoms with Crippen molar-refractivity contribution in [3.8, 4) is 0 Å². The van der Waals surface area contributed by atoms with E-state index in [9.17, 15) is 26.7 Å². The molecule has 0 unspecified atom stereocenters. The monoisotopic (exact) mass is 330 g/mol. The highest BCUT2D eigenvalue weighted by molar-refractivity contribution is 5.94. The summed E-state index contributed by atoms with van der Waals surface area (Å²) in [5.41, 5.74) is -1.37. The number of alkyl halides is 3. The van der Waals surface area contributed by atoms with Crippen LogP contribution in [-0.4, -0.2) is 12.5 Å². The predicted molar refractivity (Wildman–Crippen MR) is 74.9 cm³/mol. The van der Waals surface area contributed by atoms with E-state index in [1.807, 2.05) is 0 Å². The molecule has 0 atom stereocenters. The van der Waals surface area contributed by atoms with Gasteiger partial charge in [-0.3, -0.25) is 4.79 Å². The third-order valence-corrected chi connectivity index (χ3v) is 2.82. The summed E-state index contributed by atoms with van der Waals surface area (Å²) in [5, 5.41) is 4.54. The first kappa shape index (κ1) is 16.7. The Morgan fingerprint density at radius 2 is 1.61 bits per heavy atom. The quantitative estimate of drug-likeness (QED) is 0.831. The Morgan fingerprint density at radius 3 is 2.22 bits per heavy atom. The van der Waals surface area contributed by atoms with Gasteiger partial charge in [-0.25, -0.2) is 8.78 Å². The molecule has 0 aliphatic carbocycles. The molecule has 23 heavy (non-hydrogen) atoms. The van der Waals surface area contributed by atoms with Crippen LogP contribution in [0.4, 0.5) is 33.3 Å². The number of carbonyl (C=O) groups is 1. The summed E-state index contributed by atoms with van der Waals surface area (Å²) in [6.07, 6.45) is -4.61. The van der Waals surface area contributed by atoms with Gasteiger partial charge < -0.3 is 10.6 Å². The zero-order chi connectivity index (χ0) is 17.0. The lowest BCUT2D eigenvalue weighted by Crippen LogP contribution is -2.23. The minimum Gasteiger partial charge on any atom is -0.376 e. The zero-order valence-electron chi connectivity index (χ0n) is 11.5. The molecular weight excluding hydrogens is 319 g/mol. The summed E-state index contributed by atoms with van der Waals surface area (Å²) in [7, 11) is 0. The lowest BCUT2D eigenvalue weighted by molar-refractivity contribution is -0.137. The number of rotatable bonds is 4. The molecule has 2 N–H and O–H groups in total. The number of benzene rings is 2. The summed E-state index contributed by atoms with van der Waals surface area (Å²) in [4.78, 5) is 11.7. The SMILES string of the molecule is O=C(CNc1cc(F)cc(F)c1)Nc1ccccc1C(F)(F)F. The van der Waals surface area contributed by atoms with Crippen molar-refractivity contribution in [2.75, 3.05) is 17.2 Å². The molecule has 0 radical (unpaired) electrons. The van der Waals surface area contributed by atoms with Gasteiger partial charge in [0.05, 0.1) is 17.8 Å². The van der Waals surface area contributed by atoms with Crippen LogP contribution in [0.1, 0.15) is 5.56 Å². The highest BCUT2D eigenvalue weighted by Gasteiger charge is 2.33. The maximum absolute atomic E-state index is 13.0. The molecule has 0 saturated carbocycles. The Balaban J connectivity index is 2.03. The molecule has 3 nitrogen and oxygen atoms in total. The zero-order valence-corrected chi connectivity index (χ0v) is 11.5. The molecule has 1 amide bonds. The van der Waals surface area contributed by atoms with Gasteiger partial charge in [0.25, 0.3) is 0 Å². The first-order valence-corrected chi connectivity index (χ1v) is 6.42. The van der Waals surface area contributed by atoms with E-state index in [2.05, 4.69) is 10.6 Å². The van der Waals surface area contributed by atoms with Gasteiger partial charge in [-0.2, -0.15) is 13.2 Å². The lowest BCUT2D eigenvalue weighted by Gasteiger charge is -2.14. The van der Waals surface area contributed by atoms with Crippen LogP contribution >= 0.6 is 0 Å². The lowest BCUT2D eigenvalue weighted by atomic mass is 10.1. The van der Waals surface area contributed by atoms with Gasteiger partial charge in [-0.1, -0.05) is 12.1 Å². The molecular formula is C15H11F5N2O. The van der Waals surface area contributed by atoms with E-state index in [1.165, 1.54) is 12.1 Å². The van der Waals surface area contributed by atoms with Crippen LogP contribution in [0, 0.1) is 11.6 Å². The number of anilines is 2. The van der Waals surface area contributed by atoms with Crippen molar-refractivity contribution in [1.29, 1.82) is 0 Å². The van der Waals surface area contributed by atoms with E-state index in [-0.39, 0.29) is 5.69 Å². The van der Waals surface area contributed by atoms with E-state index in [0.29, 0.717) is 6.07 Å². The Hall–Kier alpha value is -2.64. The molecule has 0 bridgehead atoms. The van der Waals surface area contributed by atoms with Crippen LogP contribution in [0.25, 0.3) is 0 Å². The van der Waals surface area contributed by atoms with Crippen molar-refractivity contribution < 1.29 is 26.7 Å². The molecule has 2 rings (SSSR count). The fourth-order valence-electron chi connectivity index (χ4n) is 1.87. The summed E-state index contributed by atoms with van der Waals surface area (Å²) in [6, 6.07) is 7.07. The van der Waals surface area contributed by atoms with E-state index in [0.717, 1.165) is 24.3 Å². The summed E-state index contributed by atoms with van der Waals surface area (Å²) in [6.45, 7) is -0.449. The summed E-state index contributed by atoms with van der Waals surface area (Å²) < 4.78 is 64.3.